The summed E-state index contributed by atoms with van der Waals surface area (Å²) in [5.41, 5.74) is -0.471. The summed E-state index contributed by atoms with van der Waals surface area (Å²) in [6.07, 6.45) is 4.75. The van der Waals surface area contributed by atoms with Gasteiger partial charge in [-0.3, -0.25) is 14.3 Å². The molecular weight excluding hydrogens is 234 g/mol. The fourth-order valence-corrected chi connectivity index (χ4v) is 2.39. The van der Waals surface area contributed by atoms with Gasteiger partial charge in [-0.1, -0.05) is 12.8 Å². The molecule has 1 aliphatic rings. The van der Waals surface area contributed by atoms with Gasteiger partial charge < -0.3 is 10.4 Å². The minimum absolute atomic E-state index is 0.178. The molecule has 1 aromatic rings. The van der Waals surface area contributed by atoms with E-state index in [4.69, 9.17) is 0 Å². The number of carboxylic acids is 1. The SMILES string of the molecule is Cn1ccc(C(=O)NCC2(C(=O)O)CCCC2)n1. The van der Waals surface area contributed by atoms with Crippen molar-refractivity contribution in [1.29, 1.82) is 0 Å². The smallest absolute Gasteiger partial charge is 0.311 e. The topological polar surface area (TPSA) is 84.2 Å². The third-order valence-electron chi connectivity index (χ3n) is 3.55. The van der Waals surface area contributed by atoms with Gasteiger partial charge in [-0.2, -0.15) is 5.10 Å². The Morgan fingerprint density at radius 1 is 1.50 bits per heavy atom. The molecule has 0 atom stereocenters. The van der Waals surface area contributed by atoms with E-state index in [0.29, 0.717) is 18.5 Å². The van der Waals surface area contributed by atoms with Crippen molar-refractivity contribution >= 4 is 11.9 Å². The Labute approximate surface area is 105 Å². The number of hydrogen-bond donors (Lipinski definition) is 2. The van der Waals surface area contributed by atoms with Crippen LogP contribution in [-0.4, -0.2) is 33.3 Å². The van der Waals surface area contributed by atoms with Gasteiger partial charge >= 0.3 is 5.97 Å². The molecule has 1 saturated carbocycles. The molecule has 0 aliphatic heterocycles. The Balaban J connectivity index is 1.98. The maximum Gasteiger partial charge on any atom is 0.311 e. The number of amides is 1. The van der Waals surface area contributed by atoms with Crippen LogP contribution in [0.1, 0.15) is 36.2 Å². The van der Waals surface area contributed by atoms with E-state index < -0.39 is 11.4 Å². The number of nitrogens with zero attached hydrogens (tertiary/aromatic N) is 2. The molecule has 6 nitrogen and oxygen atoms in total. The van der Waals surface area contributed by atoms with Gasteiger partial charge in [0.05, 0.1) is 5.41 Å². The Morgan fingerprint density at radius 2 is 2.17 bits per heavy atom. The van der Waals surface area contributed by atoms with Crippen molar-refractivity contribution in [1.82, 2.24) is 15.1 Å². The molecule has 2 rings (SSSR count). The van der Waals surface area contributed by atoms with Gasteiger partial charge in [0.25, 0.3) is 5.91 Å². The number of aryl methyl sites for hydroxylation is 1. The monoisotopic (exact) mass is 251 g/mol. The Kier molecular flexibility index (Phi) is 3.36. The van der Waals surface area contributed by atoms with Gasteiger partial charge in [-0.25, -0.2) is 0 Å². The first-order chi connectivity index (χ1) is 8.53. The van der Waals surface area contributed by atoms with Crippen molar-refractivity contribution in [3.05, 3.63) is 18.0 Å². The number of carbonyl (C=O) groups is 2. The van der Waals surface area contributed by atoms with Gasteiger partial charge in [0.1, 0.15) is 5.69 Å². The fourth-order valence-electron chi connectivity index (χ4n) is 2.39. The van der Waals surface area contributed by atoms with Crippen LogP contribution in [0.15, 0.2) is 12.3 Å². The Hall–Kier alpha value is -1.85. The van der Waals surface area contributed by atoms with Crippen LogP contribution in [0.3, 0.4) is 0 Å². The largest absolute Gasteiger partial charge is 0.481 e. The minimum Gasteiger partial charge on any atom is -0.481 e. The summed E-state index contributed by atoms with van der Waals surface area (Å²) >= 11 is 0. The maximum atomic E-state index is 11.8. The molecule has 0 unspecified atom stereocenters. The normalized spacial score (nSPS) is 17.6. The van der Waals surface area contributed by atoms with Crippen LogP contribution in [0, 0.1) is 5.41 Å². The molecule has 0 bridgehead atoms. The van der Waals surface area contributed by atoms with Gasteiger partial charge in [-0.15, -0.1) is 0 Å². The zero-order chi connectivity index (χ0) is 13.2. The first-order valence-electron chi connectivity index (χ1n) is 6.05. The summed E-state index contributed by atoms with van der Waals surface area (Å²) in [7, 11) is 1.73. The molecule has 18 heavy (non-hydrogen) atoms. The predicted molar refractivity (Wildman–Crippen MR) is 64.1 cm³/mol. The van der Waals surface area contributed by atoms with Crippen molar-refractivity contribution < 1.29 is 14.7 Å². The lowest BCUT2D eigenvalue weighted by molar-refractivity contribution is -0.148. The zero-order valence-corrected chi connectivity index (χ0v) is 10.3. The van der Waals surface area contributed by atoms with Gasteiger partial charge in [0.15, 0.2) is 0 Å². The van der Waals surface area contributed by atoms with E-state index in [1.165, 1.54) is 4.68 Å². The summed E-state index contributed by atoms with van der Waals surface area (Å²) in [6, 6.07) is 1.61. The van der Waals surface area contributed by atoms with Crippen molar-refractivity contribution in [2.75, 3.05) is 6.54 Å². The van der Waals surface area contributed by atoms with E-state index >= 15 is 0 Å². The molecule has 0 spiro atoms. The van der Waals surface area contributed by atoms with Crippen LogP contribution in [0.25, 0.3) is 0 Å². The number of aromatic nitrogens is 2. The third kappa shape index (κ3) is 2.37. The summed E-state index contributed by atoms with van der Waals surface area (Å²) < 4.78 is 1.54. The third-order valence-corrected chi connectivity index (χ3v) is 3.55. The van der Waals surface area contributed by atoms with Gasteiger partial charge in [0, 0.05) is 19.8 Å². The molecule has 0 radical (unpaired) electrons. The van der Waals surface area contributed by atoms with Crippen LogP contribution in [0.5, 0.6) is 0 Å². The molecule has 2 N–H and O–H groups in total. The number of nitrogens with one attached hydrogen (secondary N) is 1. The summed E-state index contributed by atoms with van der Waals surface area (Å²) in [6.45, 7) is 0.178. The van der Waals surface area contributed by atoms with Crippen LogP contribution in [0.2, 0.25) is 0 Å². The fraction of sp³-hybridized carbons (Fsp3) is 0.583. The van der Waals surface area contributed by atoms with Crippen molar-refractivity contribution in [2.24, 2.45) is 12.5 Å². The molecule has 1 fully saturated rings. The van der Waals surface area contributed by atoms with E-state index in [2.05, 4.69) is 10.4 Å². The molecular formula is C12H17N3O3. The average Bonchev–Trinajstić information content (AvgIpc) is 2.95. The molecule has 6 heteroatoms. The first kappa shape index (κ1) is 12.6. The lowest BCUT2D eigenvalue weighted by atomic mass is 9.86. The molecule has 98 valence electrons. The highest BCUT2D eigenvalue weighted by molar-refractivity contribution is 5.92. The Bertz CT molecular complexity index is 461. The van der Waals surface area contributed by atoms with Crippen LogP contribution in [-0.2, 0) is 11.8 Å². The zero-order valence-electron chi connectivity index (χ0n) is 10.3. The first-order valence-corrected chi connectivity index (χ1v) is 6.05. The average molecular weight is 251 g/mol. The number of carbonyl (C=O) groups excluding carboxylic acids is 1. The number of hydrogen-bond acceptors (Lipinski definition) is 3. The van der Waals surface area contributed by atoms with Crippen molar-refractivity contribution in [3.63, 3.8) is 0 Å². The second kappa shape index (κ2) is 4.80. The number of carboxylic acid groups (broad SMARTS) is 1. The predicted octanol–water partition coefficient (Wildman–Crippen LogP) is 0.795. The lowest BCUT2D eigenvalue weighted by Gasteiger charge is -2.23. The highest BCUT2D eigenvalue weighted by Crippen LogP contribution is 2.37. The van der Waals surface area contributed by atoms with Crippen LogP contribution < -0.4 is 5.32 Å². The second-order valence-electron chi connectivity index (χ2n) is 4.85. The molecule has 0 aromatic carbocycles. The second-order valence-corrected chi connectivity index (χ2v) is 4.85. The maximum absolute atomic E-state index is 11.8. The van der Waals surface area contributed by atoms with E-state index in [-0.39, 0.29) is 12.5 Å². The van der Waals surface area contributed by atoms with Crippen LogP contribution in [0.4, 0.5) is 0 Å². The van der Waals surface area contributed by atoms with E-state index in [0.717, 1.165) is 12.8 Å². The van der Waals surface area contributed by atoms with E-state index in [1.54, 1.807) is 19.3 Å². The van der Waals surface area contributed by atoms with Crippen molar-refractivity contribution in [2.45, 2.75) is 25.7 Å². The van der Waals surface area contributed by atoms with E-state index in [9.17, 15) is 14.7 Å². The lowest BCUT2D eigenvalue weighted by Crippen LogP contribution is -2.41. The number of rotatable bonds is 4. The molecule has 1 aliphatic carbocycles. The highest BCUT2D eigenvalue weighted by Gasteiger charge is 2.41. The summed E-state index contributed by atoms with van der Waals surface area (Å²) in [5.74, 6) is -1.13. The quantitative estimate of drug-likeness (QED) is 0.828. The minimum atomic E-state index is -0.818. The molecule has 1 heterocycles. The highest BCUT2D eigenvalue weighted by atomic mass is 16.4. The summed E-state index contributed by atoms with van der Waals surface area (Å²) in [4.78, 5) is 23.1. The standard InChI is InChI=1S/C12H17N3O3/c1-15-7-4-9(14-15)10(16)13-8-12(11(17)18)5-2-3-6-12/h4,7H,2-3,5-6,8H2,1H3,(H,13,16)(H,17,18). The van der Waals surface area contributed by atoms with Crippen molar-refractivity contribution in [3.8, 4) is 0 Å². The molecule has 0 saturated heterocycles. The van der Waals surface area contributed by atoms with E-state index in [1.807, 2.05) is 0 Å². The van der Waals surface area contributed by atoms with Gasteiger partial charge in [0.2, 0.25) is 0 Å². The van der Waals surface area contributed by atoms with Gasteiger partial charge in [-0.05, 0) is 18.9 Å². The summed E-state index contributed by atoms with van der Waals surface area (Å²) in [5, 5.41) is 15.9. The molecule has 1 amide bonds. The molecule has 1 aromatic heterocycles. The Morgan fingerprint density at radius 3 is 2.67 bits per heavy atom. The van der Waals surface area contributed by atoms with Crippen LogP contribution >= 0.6 is 0 Å². The number of aliphatic carboxylic acids is 1.